The van der Waals surface area contributed by atoms with Gasteiger partial charge in [0, 0.05) is 36.6 Å². The lowest BCUT2D eigenvalue weighted by Crippen LogP contribution is -2.49. The number of carbonyl (C=O) groups excluding carboxylic acids is 1. The van der Waals surface area contributed by atoms with Crippen molar-refractivity contribution in [1.29, 1.82) is 5.26 Å². The number of halogens is 3. The van der Waals surface area contributed by atoms with E-state index in [4.69, 9.17) is 23.2 Å². The number of hydrogen-bond donors (Lipinski definition) is 0. The Kier molecular flexibility index (Phi) is 6.35. The number of benzene rings is 2. The zero-order chi connectivity index (χ0) is 22.8. The van der Waals surface area contributed by atoms with Gasteiger partial charge in [-0.15, -0.1) is 11.6 Å². The second-order valence-electron chi connectivity index (χ2n) is 7.52. The number of fused-ring (bicyclic) bond motifs is 1. The largest absolute Gasteiger partial charge is 0.366 e. The Morgan fingerprint density at radius 1 is 1.09 bits per heavy atom. The van der Waals surface area contributed by atoms with Gasteiger partial charge in [0.15, 0.2) is 0 Å². The number of pyridine rings is 1. The molecular weight excluding hydrogens is 454 g/mol. The predicted molar refractivity (Wildman–Crippen MR) is 123 cm³/mol. The Morgan fingerprint density at radius 3 is 2.41 bits per heavy atom. The highest BCUT2D eigenvalue weighted by molar-refractivity contribution is 6.31. The molecule has 1 saturated heterocycles. The fourth-order valence-corrected chi connectivity index (χ4v) is 4.37. The molecule has 0 spiro atoms. The smallest absolute Gasteiger partial charge is 0.271 e. The molecule has 0 radical (unpaired) electrons. The number of nitriles is 1. The Balaban J connectivity index is 1.83. The lowest BCUT2D eigenvalue weighted by atomic mass is 10.1. The summed E-state index contributed by atoms with van der Waals surface area (Å²) >= 11 is 11.9. The summed E-state index contributed by atoms with van der Waals surface area (Å²) < 4.78 is 14.8. The van der Waals surface area contributed by atoms with Crippen LogP contribution in [0.15, 0.2) is 47.3 Å². The van der Waals surface area contributed by atoms with Crippen LogP contribution in [0.5, 0.6) is 0 Å². The molecule has 0 aliphatic carbocycles. The molecule has 0 bridgehead atoms. The number of carbonyl (C=O) groups is 1. The molecule has 6 nitrogen and oxygen atoms in total. The highest BCUT2D eigenvalue weighted by Gasteiger charge is 2.26. The number of nitrogens with zero attached hydrogens (tertiary/aromatic N) is 4. The maximum absolute atomic E-state index is 13.4. The molecule has 9 heteroatoms. The number of hydrogen-bond acceptors (Lipinski definition) is 4. The quantitative estimate of drug-likeness (QED) is 0.544. The summed E-state index contributed by atoms with van der Waals surface area (Å²) in [6.07, 6.45) is 0. The predicted octanol–water partition coefficient (Wildman–Crippen LogP) is 3.60. The van der Waals surface area contributed by atoms with Gasteiger partial charge in [-0.05, 0) is 35.9 Å². The van der Waals surface area contributed by atoms with Crippen molar-refractivity contribution < 1.29 is 9.18 Å². The molecule has 1 fully saturated rings. The number of aromatic nitrogens is 1. The van der Waals surface area contributed by atoms with Crippen LogP contribution < -0.4 is 10.5 Å². The second-order valence-corrected chi connectivity index (χ2v) is 8.22. The number of rotatable bonds is 4. The van der Waals surface area contributed by atoms with Crippen molar-refractivity contribution in [3.8, 4) is 6.07 Å². The summed E-state index contributed by atoms with van der Waals surface area (Å²) in [6, 6.07) is 13.2. The number of amides is 1. The van der Waals surface area contributed by atoms with Gasteiger partial charge >= 0.3 is 0 Å². The third kappa shape index (κ3) is 4.16. The van der Waals surface area contributed by atoms with Crippen LogP contribution in [-0.2, 0) is 11.3 Å². The van der Waals surface area contributed by atoms with Crippen LogP contribution in [0.25, 0.3) is 10.9 Å². The highest BCUT2D eigenvalue weighted by atomic mass is 35.5. The lowest BCUT2D eigenvalue weighted by Gasteiger charge is -2.37. The Bertz CT molecular complexity index is 1280. The van der Waals surface area contributed by atoms with Gasteiger partial charge in [0.25, 0.3) is 5.56 Å². The van der Waals surface area contributed by atoms with Gasteiger partial charge in [-0.1, -0.05) is 23.7 Å². The van der Waals surface area contributed by atoms with Gasteiger partial charge in [-0.2, -0.15) is 5.26 Å². The van der Waals surface area contributed by atoms with E-state index in [1.807, 2.05) is 4.90 Å². The minimum Gasteiger partial charge on any atom is -0.366 e. The van der Waals surface area contributed by atoms with Crippen LogP contribution in [0.4, 0.5) is 10.1 Å². The normalized spacial score (nSPS) is 13.9. The van der Waals surface area contributed by atoms with E-state index in [2.05, 4.69) is 6.07 Å². The molecule has 2 aromatic carbocycles. The minimum atomic E-state index is -0.444. The molecule has 0 atom stereocenters. The molecule has 0 unspecified atom stereocenters. The molecule has 32 heavy (non-hydrogen) atoms. The molecule has 1 aliphatic rings. The first-order chi connectivity index (χ1) is 15.4. The van der Waals surface area contributed by atoms with Crippen molar-refractivity contribution in [3.63, 3.8) is 0 Å². The first-order valence-electron chi connectivity index (χ1n) is 10.0. The summed E-state index contributed by atoms with van der Waals surface area (Å²) in [5, 5.41) is 11.1. The summed E-state index contributed by atoms with van der Waals surface area (Å²) in [5.74, 6) is -0.586. The fourth-order valence-electron chi connectivity index (χ4n) is 4.03. The van der Waals surface area contributed by atoms with Gasteiger partial charge in [0.2, 0.25) is 5.91 Å². The van der Waals surface area contributed by atoms with E-state index in [1.54, 1.807) is 35.2 Å². The third-order valence-corrected chi connectivity index (χ3v) is 6.09. The standard InChI is InChI=1S/C23H19Cl2FN4O2/c24-12-21(31)28-7-9-29(10-8-28)22-18-6-3-16(25)11-20(18)30(23(32)19(22)13-27)14-15-1-4-17(26)5-2-15/h1-6,11H,7-10,12,14H2. The molecule has 1 aliphatic heterocycles. The molecule has 164 valence electrons. The Morgan fingerprint density at radius 2 is 1.78 bits per heavy atom. The zero-order valence-corrected chi connectivity index (χ0v) is 18.5. The van der Waals surface area contributed by atoms with Crippen LogP contribution in [0.3, 0.4) is 0 Å². The Labute approximate surface area is 194 Å². The van der Waals surface area contributed by atoms with E-state index >= 15 is 0 Å². The van der Waals surface area contributed by atoms with Crippen molar-refractivity contribution in [3.05, 3.63) is 74.8 Å². The van der Waals surface area contributed by atoms with Gasteiger partial charge in [-0.3, -0.25) is 9.59 Å². The zero-order valence-electron chi connectivity index (χ0n) is 17.0. The Hall–Kier alpha value is -3.08. The van der Waals surface area contributed by atoms with Crippen LogP contribution >= 0.6 is 23.2 Å². The highest BCUT2D eigenvalue weighted by Crippen LogP contribution is 2.31. The first-order valence-corrected chi connectivity index (χ1v) is 10.9. The maximum atomic E-state index is 13.4. The van der Waals surface area contributed by atoms with E-state index in [1.165, 1.54) is 16.7 Å². The van der Waals surface area contributed by atoms with Crippen molar-refractivity contribution >= 4 is 45.7 Å². The van der Waals surface area contributed by atoms with Crippen molar-refractivity contribution in [2.45, 2.75) is 6.54 Å². The number of alkyl halides is 1. The van der Waals surface area contributed by atoms with Crippen LogP contribution in [0.2, 0.25) is 5.02 Å². The van der Waals surface area contributed by atoms with Crippen molar-refractivity contribution in [2.24, 2.45) is 0 Å². The van der Waals surface area contributed by atoms with E-state index < -0.39 is 5.56 Å². The van der Waals surface area contributed by atoms with Crippen LogP contribution in [0, 0.1) is 17.1 Å². The van der Waals surface area contributed by atoms with E-state index in [-0.39, 0.29) is 29.7 Å². The summed E-state index contributed by atoms with van der Waals surface area (Å²) in [6.45, 7) is 2.00. The van der Waals surface area contributed by atoms with Crippen LogP contribution in [-0.4, -0.2) is 47.4 Å². The lowest BCUT2D eigenvalue weighted by molar-refractivity contribution is -0.128. The topological polar surface area (TPSA) is 69.3 Å². The summed E-state index contributed by atoms with van der Waals surface area (Å²) in [4.78, 5) is 28.9. The SMILES string of the molecule is N#Cc1c(N2CCN(C(=O)CCl)CC2)c2ccc(Cl)cc2n(Cc2ccc(F)cc2)c1=O. The second kappa shape index (κ2) is 9.19. The summed E-state index contributed by atoms with van der Waals surface area (Å²) in [5.41, 5.74) is 1.43. The van der Waals surface area contributed by atoms with Gasteiger partial charge < -0.3 is 14.4 Å². The fraction of sp³-hybridized carbons (Fsp3) is 0.261. The van der Waals surface area contributed by atoms with E-state index in [0.29, 0.717) is 47.8 Å². The van der Waals surface area contributed by atoms with Gasteiger partial charge in [0.05, 0.1) is 17.7 Å². The van der Waals surface area contributed by atoms with Crippen molar-refractivity contribution in [2.75, 3.05) is 37.0 Å². The van der Waals surface area contributed by atoms with Crippen molar-refractivity contribution in [1.82, 2.24) is 9.47 Å². The first kappa shape index (κ1) is 22.1. The molecule has 4 rings (SSSR count). The molecule has 0 saturated carbocycles. The molecule has 1 amide bonds. The van der Waals surface area contributed by atoms with E-state index in [0.717, 1.165) is 5.56 Å². The number of piperazine rings is 1. The average Bonchev–Trinajstić information content (AvgIpc) is 2.81. The summed E-state index contributed by atoms with van der Waals surface area (Å²) in [7, 11) is 0. The molecular formula is C23H19Cl2FN4O2. The average molecular weight is 473 g/mol. The minimum absolute atomic E-state index is 0.0269. The molecule has 0 N–H and O–H groups in total. The van der Waals surface area contributed by atoms with E-state index in [9.17, 15) is 19.2 Å². The maximum Gasteiger partial charge on any atom is 0.271 e. The monoisotopic (exact) mass is 472 g/mol. The molecule has 3 aromatic rings. The third-order valence-electron chi connectivity index (χ3n) is 5.63. The molecule has 1 aromatic heterocycles. The van der Waals surface area contributed by atoms with Gasteiger partial charge in [-0.25, -0.2) is 4.39 Å². The number of anilines is 1. The molecule has 2 heterocycles. The van der Waals surface area contributed by atoms with Crippen LogP contribution in [0.1, 0.15) is 11.1 Å². The van der Waals surface area contributed by atoms with Gasteiger partial charge in [0.1, 0.15) is 23.3 Å².